The van der Waals surface area contributed by atoms with Crippen molar-refractivity contribution in [1.29, 1.82) is 0 Å². The Morgan fingerprint density at radius 3 is 2.24 bits per heavy atom. The second-order valence-electron chi connectivity index (χ2n) is 4.01. The van der Waals surface area contributed by atoms with Crippen molar-refractivity contribution < 1.29 is 33.0 Å². The Morgan fingerprint density at radius 2 is 1.81 bits per heavy atom. The Bertz CT molecular complexity index is 609. The van der Waals surface area contributed by atoms with Crippen molar-refractivity contribution in [3.05, 3.63) is 24.3 Å². The standard InChI is InChI=1S/C12H15NO7S/c1-2-20-8-3-5-9(6-4-8)21(18,19)13-10(12(16)17)7-11(14)15/h3-6,10,13H,2,7H2,1H3,(H,14,15)(H,16,17)/t10-/m1/s1. The highest BCUT2D eigenvalue weighted by atomic mass is 32.2. The number of carboxylic acids is 2. The van der Waals surface area contributed by atoms with Gasteiger partial charge in [-0.15, -0.1) is 0 Å². The fourth-order valence-corrected chi connectivity index (χ4v) is 2.68. The first-order chi connectivity index (χ1) is 9.76. The van der Waals surface area contributed by atoms with E-state index in [1.165, 1.54) is 24.3 Å². The maximum absolute atomic E-state index is 12.0. The molecule has 0 aromatic heterocycles. The zero-order chi connectivity index (χ0) is 16.0. The maximum atomic E-state index is 12.0. The van der Waals surface area contributed by atoms with E-state index in [1.54, 1.807) is 6.92 Å². The largest absolute Gasteiger partial charge is 0.494 e. The van der Waals surface area contributed by atoms with Crippen LogP contribution in [-0.4, -0.2) is 43.2 Å². The highest BCUT2D eigenvalue weighted by molar-refractivity contribution is 7.89. The van der Waals surface area contributed by atoms with Crippen molar-refractivity contribution >= 4 is 22.0 Å². The molecule has 0 unspecified atom stereocenters. The molecule has 21 heavy (non-hydrogen) atoms. The molecule has 8 nitrogen and oxygen atoms in total. The van der Waals surface area contributed by atoms with Crippen LogP contribution in [-0.2, 0) is 19.6 Å². The van der Waals surface area contributed by atoms with E-state index in [2.05, 4.69) is 0 Å². The van der Waals surface area contributed by atoms with Gasteiger partial charge in [0.25, 0.3) is 0 Å². The molecule has 1 aromatic carbocycles. The lowest BCUT2D eigenvalue weighted by Crippen LogP contribution is -2.42. The lowest BCUT2D eigenvalue weighted by atomic mass is 10.2. The number of ether oxygens (including phenoxy) is 1. The molecule has 1 aromatic rings. The van der Waals surface area contributed by atoms with E-state index in [4.69, 9.17) is 14.9 Å². The minimum absolute atomic E-state index is 0.178. The first-order valence-electron chi connectivity index (χ1n) is 5.96. The molecule has 0 aliphatic heterocycles. The van der Waals surface area contributed by atoms with Gasteiger partial charge < -0.3 is 14.9 Å². The molecule has 3 N–H and O–H groups in total. The summed E-state index contributed by atoms with van der Waals surface area (Å²) in [6.45, 7) is 2.19. The minimum Gasteiger partial charge on any atom is -0.494 e. The van der Waals surface area contributed by atoms with E-state index in [1.807, 2.05) is 4.72 Å². The third-order valence-electron chi connectivity index (χ3n) is 2.42. The Balaban J connectivity index is 2.93. The monoisotopic (exact) mass is 317 g/mol. The Morgan fingerprint density at radius 1 is 1.24 bits per heavy atom. The van der Waals surface area contributed by atoms with Gasteiger partial charge in [0.1, 0.15) is 11.8 Å². The van der Waals surface area contributed by atoms with Crippen molar-refractivity contribution in [3.63, 3.8) is 0 Å². The summed E-state index contributed by atoms with van der Waals surface area (Å²) in [6, 6.07) is 3.59. The molecule has 0 aliphatic rings. The first kappa shape index (κ1) is 16.9. The second-order valence-corrected chi connectivity index (χ2v) is 5.73. The Hall–Kier alpha value is -2.13. The number of hydrogen-bond donors (Lipinski definition) is 3. The van der Waals surface area contributed by atoms with E-state index in [-0.39, 0.29) is 4.90 Å². The van der Waals surface area contributed by atoms with Gasteiger partial charge in [0.15, 0.2) is 0 Å². The summed E-state index contributed by atoms with van der Waals surface area (Å²) >= 11 is 0. The predicted octanol–water partition coefficient (Wildman–Crippen LogP) is 0.292. The lowest BCUT2D eigenvalue weighted by molar-refractivity contribution is -0.145. The van der Waals surface area contributed by atoms with Gasteiger partial charge in [-0.25, -0.2) is 8.42 Å². The van der Waals surface area contributed by atoms with Gasteiger partial charge in [0.2, 0.25) is 10.0 Å². The second kappa shape index (κ2) is 7.04. The predicted molar refractivity (Wildman–Crippen MR) is 71.6 cm³/mol. The molecule has 116 valence electrons. The third kappa shape index (κ3) is 5.04. The maximum Gasteiger partial charge on any atom is 0.322 e. The third-order valence-corrected chi connectivity index (χ3v) is 3.91. The summed E-state index contributed by atoms with van der Waals surface area (Å²) in [4.78, 5) is 21.2. The van der Waals surface area contributed by atoms with E-state index in [0.717, 1.165) is 0 Å². The number of sulfonamides is 1. The van der Waals surface area contributed by atoms with Crippen LogP contribution in [0.15, 0.2) is 29.2 Å². The molecule has 0 fully saturated rings. The van der Waals surface area contributed by atoms with Crippen LogP contribution < -0.4 is 9.46 Å². The van der Waals surface area contributed by atoms with E-state index >= 15 is 0 Å². The van der Waals surface area contributed by atoms with Crippen LogP contribution in [0.2, 0.25) is 0 Å². The van der Waals surface area contributed by atoms with Gasteiger partial charge in [-0.05, 0) is 31.2 Å². The van der Waals surface area contributed by atoms with Crippen LogP contribution >= 0.6 is 0 Å². The number of nitrogens with one attached hydrogen (secondary N) is 1. The molecule has 0 spiro atoms. The molecule has 1 rings (SSSR count). The van der Waals surface area contributed by atoms with Crippen molar-refractivity contribution in [2.24, 2.45) is 0 Å². The van der Waals surface area contributed by atoms with Gasteiger partial charge in [-0.3, -0.25) is 9.59 Å². The Labute approximate surface area is 121 Å². The molecule has 0 radical (unpaired) electrons. The van der Waals surface area contributed by atoms with Crippen molar-refractivity contribution in [2.75, 3.05) is 6.61 Å². The average molecular weight is 317 g/mol. The number of carbonyl (C=O) groups is 2. The molecule has 0 saturated carbocycles. The number of hydrogen-bond acceptors (Lipinski definition) is 5. The summed E-state index contributed by atoms with van der Waals surface area (Å²) in [6.07, 6.45) is -0.856. The van der Waals surface area contributed by atoms with Crippen LogP contribution in [0.25, 0.3) is 0 Å². The smallest absolute Gasteiger partial charge is 0.322 e. The number of rotatable bonds is 8. The summed E-state index contributed by atoms with van der Waals surface area (Å²) in [5, 5.41) is 17.4. The van der Waals surface area contributed by atoms with Gasteiger partial charge >= 0.3 is 11.9 Å². The van der Waals surface area contributed by atoms with Crippen molar-refractivity contribution in [2.45, 2.75) is 24.3 Å². The molecule has 0 amide bonds. The van der Waals surface area contributed by atoms with Crippen LogP contribution in [0.5, 0.6) is 5.75 Å². The molecule has 0 bridgehead atoms. The van der Waals surface area contributed by atoms with E-state index in [0.29, 0.717) is 12.4 Å². The average Bonchev–Trinajstić information content (AvgIpc) is 2.38. The summed E-state index contributed by atoms with van der Waals surface area (Å²) < 4.78 is 31.0. The normalized spacial score (nSPS) is 12.6. The van der Waals surface area contributed by atoms with Crippen LogP contribution in [0.4, 0.5) is 0 Å². The van der Waals surface area contributed by atoms with Crippen LogP contribution in [0, 0.1) is 0 Å². The van der Waals surface area contributed by atoms with Gasteiger partial charge in [-0.1, -0.05) is 0 Å². The molecule has 1 atom stereocenters. The first-order valence-corrected chi connectivity index (χ1v) is 7.44. The highest BCUT2D eigenvalue weighted by Crippen LogP contribution is 2.16. The van der Waals surface area contributed by atoms with E-state index < -0.39 is 34.4 Å². The number of carboxylic acid groups (broad SMARTS) is 2. The molecular weight excluding hydrogens is 302 g/mol. The Kier molecular flexibility index (Phi) is 5.68. The molecule has 0 aliphatic carbocycles. The number of aliphatic carboxylic acids is 2. The molecule has 0 saturated heterocycles. The zero-order valence-corrected chi connectivity index (χ0v) is 12.0. The summed E-state index contributed by atoms with van der Waals surface area (Å²) in [5.74, 6) is -2.51. The van der Waals surface area contributed by atoms with Gasteiger partial charge in [-0.2, -0.15) is 4.72 Å². The lowest BCUT2D eigenvalue weighted by Gasteiger charge is -2.13. The summed E-state index contributed by atoms with van der Waals surface area (Å²) in [5.41, 5.74) is 0. The minimum atomic E-state index is -4.13. The molecular formula is C12H15NO7S. The topological polar surface area (TPSA) is 130 Å². The van der Waals surface area contributed by atoms with Crippen molar-refractivity contribution in [1.82, 2.24) is 4.72 Å². The fraction of sp³-hybridized carbons (Fsp3) is 0.333. The van der Waals surface area contributed by atoms with Gasteiger partial charge in [0.05, 0.1) is 17.9 Å². The van der Waals surface area contributed by atoms with Gasteiger partial charge in [0, 0.05) is 0 Å². The SMILES string of the molecule is CCOc1ccc(S(=O)(=O)N[C@H](CC(=O)O)C(=O)O)cc1. The quantitative estimate of drug-likeness (QED) is 0.628. The molecule has 0 heterocycles. The van der Waals surface area contributed by atoms with Crippen molar-refractivity contribution in [3.8, 4) is 5.75 Å². The number of benzene rings is 1. The van der Waals surface area contributed by atoms with Crippen LogP contribution in [0.1, 0.15) is 13.3 Å². The zero-order valence-electron chi connectivity index (χ0n) is 11.1. The van der Waals surface area contributed by atoms with E-state index in [9.17, 15) is 18.0 Å². The highest BCUT2D eigenvalue weighted by Gasteiger charge is 2.27. The fourth-order valence-electron chi connectivity index (χ4n) is 1.49. The molecule has 9 heteroatoms. The summed E-state index contributed by atoms with van der Waals surface area (Å²) in [7, 11) is -4.13. The van der Waals surface area contributed by atoms with Crippen LogP contribution in [0.3, 0.4) is 0 Å².